The summed E-state index contributed by atoms with van der Waals surface area (Å²) in [5.41, 5.74) is 0. The van der Waals surface area contributed by atoms with Gasteiger partial charge < -0.3 is 13.7 Å². The number of halogens is 2. The lowest BCUT2D eigenvalue weighted by atomic mass is 10.2. The zero-order chi connectivity index (χ0) is 27.3. The molecule has 0 saturated heterocycles. The van der Waals surface area contributed by atoms with Crippen LogP contribution in [0, 0.1) is 0 Å². The first-order valence-electron chi connectivity index (χ1n) is 10.8. The van der Waals surface area contributed by atoms with Crippen LogP contribution in [0.1, 0.15) is 76.8 Å². The summed E-state index contributed by atoms with van der Waals surface area (Å²) in [5, 5.41) is -0.0433. The molecule has 10 nitrogen and oxygen atoms in total. The van der Waals surface area contributed by atoms with Crippen LogP contribution < -0.4 is 0 Å². The standard InChI is InChI=1S/2C7H11ClN2O2S.C7H12N2/c1-5(2)7-9-6(4-10(7)3)13(8,11)12;1-5(2)7-9-4-6(10(7)3)13(8,11)12;1-6(2)7-8-4-5-9(7)3/h2*4-5H,1-3H3;4-6H,1-3H3. The van der Waals surface area contributed by atoms with Crippen LogP contribution in [-0.2, 0) is 39.2 Å². The van der Waals surface area contributed by atoms with Gasteiger partial charge in [0.05, 0.1) is 6.20 Å². The van der Waals surface area contributed by atoms with Gasteiger partial charge in [-0.15, -0.1) is 0 Å². The highest BCUT2D eigenvalue weighted by molar-refractivity contribution is 8.14. The Balaban J connectivity index is 0.000000267. The summed E-state index contributed by atoms with van der Waals surface area (Å²) in [6, 6.07) is 0. The van der Waals surface area contributed by atoms with Crippen LogP contribution in [-0.4, -0.2) is 45.5 Å². The molecule has 0 aliphatic rings. The van der Waals surface area contributed by atoms with E-state index in [4.69, 9.17) is 21.4 Å². The Bertz CT molecular complexity index is 1320. The summed E-state index contributed by atoms with van der Waals surface area (Å²) < 4.78 is 49.0. The van der Waals surface area contributed by atoms with Crippen molar-refractivity contribution in [2.45, 2.75) is 69.3 Å². The highest BCUT2D eigenvalue weighted by Gasteiger charge is 2.19. The molecule has 0 bridgehead atoms. The second-order valence-electron chi connectivity index (χ2n) is 8.80. The van der Waals surface area contributed by atoms with E-state index in [9.17, 15) is 16.8 Å². The van der Waals surface area contributed by atoms with Gasteiger partial charge in [-0.1, -0.05) is 41.5 Å². The predicted octanol–water partition coefficient (Wildman–Crippen LogP) is 4.49. The van der Waals surface area contributed by atoms with Gasteiger partial charge in [0.25, 0.3) is 18.1 Å². The molecule has 0 fully saturated rings. The van der Waals surface area contributed by atoms with Crippen LogP contribution >= 0.6 is 21.4 Å². The third kappa shape index (κ3) is 8.93. The van der Waals surface area contributed by atoms with Crippen molar-refractivity contribution in [1.82, 2.24) is 28.7 Å². The molecule has 3 rings (SSSR count). The van der Waals surface area contributed by atoms with Crippen molar-refractivity contribution in [3.8, 4) is 0 Å². The van der Waals surface area contributed by atoms with E-state index in [1.54, 1.807) is 18.7 Å². The van der Waals surface area contributed by atoms with Crippen LogP contribution in [0.4, 0.5) is 0 Å². The Kier molecular flexibility index (Phi) is 11.0. The molecule has 0 N–H and O–H groups in total. The predicted molar refractivity (Wildman–Crippen MR) is 138 cm³/mol. The molecule has 3 aromatic rings. The lowest BCUT2D eigenvalue weighted by Crippen LogP contribution is -2.05. The van der Waals surface area contributed by atoms with E-state index >= 15 is 0 Å². The molecule has 0 saturated carbocycles. The van der Waals surface area contributed by atoms with Crippen molar-refractivity contribution in [3.05, 3.63) is 42.3 Å². The maximum Gasteiger partial charge on any atom is 0.280 e. The van der Waals surface area contributed by atoms with Crippen LogP contribution in [0.3, 0.4) is 0 Å². The van der Waals surface area contributed by atoms with Gasteiger partial charge in [-0.2, -0.15) is 0 Å². The normalized spacial score (nSPS) is 11.9. The minimum absolute atomic E-state index is 0.0397. The van der Waals surface area contributed by atoms with E-state index in [0.717, 1.165) is 5.82 Å². The van der Waals surface area contributed by atoms with Crippen LogP contribution in [0.25, 0.3) is 0 Å². The van der Waals surface area contributed by atoms with Gasteiger partial charge in [-0.25, -0.2) is 31.8 Å². The van der Waals surface area contributed by atoms with Crippen molar-refractivity contribution in [1.29, 1.82) is 0 Å². The van der Waals surface area contributed by atoms with Gasteiger partial charge in [-0.3, -0.25) is 0 Å². The molecule has 0 aromatic carbocycles. The van der Waals surface area contributed by atoms with Crippen LogP contribution in [0.15, 0.2) is 34.8 Å². The molecule has 0 unspecified atom stereocenters. The number of nitrogens with zero attached hydrogens (tertiary/aromatic N) is 6. The van der Waals surface area contributed by atoms with Crippen LogP contribution in [0.5, 0.6) is 0 Å². The van der Waals surface area contributed by atoms with E-state index in [1.165, 1.54) is 17.0 Å². The summed E-state index contributed by atoms with van der Waals surface area (Å²) >= 11 is 0. The average molecular weight is 570 g/mol. The van der Waals surface area contributed by atoms with Crippen molar-refractivity contribution >= 4 is 39.5 Å². The zero-order valence-electron chi connectivity index (χ0n) is 21.4. The number of hydrogen-bond acceptors (Lipinski definition) is 7. The quantitative estimate of drug-likeness (QED) is 0.415. The van der Waals surface area contributed by atoms with Crippen molar-refractivity contribution < 1.29 is 16.8 Å². The molecule has 35 heavy (non-hydrogen) atoms. The average Bonchev–Trinajstić information content (AvgIpc) is 3.39. The van der Waals surface area contributed by atoms with E-state index in [-0.39, 0.29) is 21.9 Å². The van der Waals surface area contributed by atoms with E-state index in [0.29, 0.717) is 17.6 Å². The summed E-state index contributed by atoms with van der Waals surface area (Å²) in [6.07, 6.45) is 6.49. The summed E-state index contributed by atoms with van der Waals surface area (Å²) in [6.45, 7) is 12.0. The minimum atomic E-state index is -3.70. The first-order chi connectivity index (χ1) is 15.9. The van der Waals surface area contributed by atoms with E-state index in [1.807, 2.05) is 51.7 Å². The molecule has 3 heterocycles. The van der Waals surface area contributed by atoms with Crippen molar-refractivity contribution in [3.63, 3.8) is 0 Å². The van der Waals surface area contributed by atoms with Gasteiger partial charge in [0, 0.05) is 78.9 Å². The Morgan fingerprint density at radius 2 is 1.26 bits per heavy atom. The largest absolute Gasteiger partial charge is 0.338 e. The molecule has 0 aliphatic heterocycles. The van der Waals surface area contributed by atoms with Gasteiger partial charge in [0.15, 0.2) is 10.1 Å². The molecule has 0 spiro atoms. The van der Waals surface area contributed by atoms with Crippen molar-refractivity contribution in [2.75, 3.05) is 0 Å². The maximum absolute atomic E-state index is 11.0. The highest BCUT2D eigenvalue weighted by atomic mass is 35.7. The fourth-order valence-electron chi connectivity index (χ4n) is 3.21. The topological polar surface area (TPSA) is 122 Å². The summed E-state index contributed by atoms with van der Waals surface area (Å²) in [7, 11) is 8.36. The Hall–Kier alpha value is -1.89. The van der Waals surface area contributed by atoms with E-state index in [2.05, 4.69) is 28.8 Å². The third-order valence-corrected chi connectivity index (χ3v) is 7.30. The van der Waals surface area contributed by atoms with Crippen molar-refractivity contribution in [2.24, 2.45) is 21.1 Å². The Morgan fingerprint density at radius 3 is 1.49 bits per heavy atom. The lowest BCUT2D eigenvalue weighted by Gasteiger charge is -2.05. The fraction of sp³-hybridized carbons (Fsp3) is 0.571. The molecular weight excluding hydrogens is 535 g/mol. The van der Waals surface area contributed by atoms with E-state index < -0.39 is 18.1 Å². The highest BCUT2D eigenvalue weighted by Crippen LogP contribution is 2.20. The SMILES string of the molecule is CC(C)c1nc(S(=O)(=O)Cl)cn1C.CC(C)c1ncc(S(=O)(=O)Cl)n1C.CC(C)c1nccn1C. The number of hydrogen-bond donors (Lipinski definition) is 0. The number of rotatable bonds is 5. The molecule has 0 amide bonds. The minimum Gasteiger partial charge on any atom is -0.338 e. The fourth-order valence-corrected chi connectivity index (χ4v) is 4.95. The smallest absolute Gasteiger partial charge is 0.280 e. The van der Waals surface area contributed by atoms with Gasteiger partial charge in [0.2, 0.25) is 0 Å². The third-order valence-electron chi connectivity index (χ3n) is 4.78. The number of aryl methyl sites for hydroxylation is 2. The van der Waals surface area contributed by atoms with Gasteiger partial charge in [-0.05, 0) is 0 Å². The monoisotopic (exact) mass is 568 g/mol. The Labute approximate surface area is 217 Å². The second kappa shape index (κ2) is 12.4. The first-order valence-corrected chi connectivity index (χ1v) is 15.4. The molecule has 14 heteroatoms. The summed E-state index contributed by atoms with van der Waals surface area (Å²) in [5.74, 6) is 3.45. The summed E-state index contributed by atoms with van der Waals surface area (Å²) in [4.78, 5) is 12.1. The second-order valence-corrected chi connectivity index (χ2v) is 13.8. The molecule has 3 aromatic heterocycles. The molecular formula is C21H34Cl2N6O4S2. The Morgan fingerprint density at radius 1 is 0.743 bits per heavy atom. The lowest BCUT2D eigenvalue weighted by molar-refractivity contribution is 0.594. The zero-order valence-corrected chi connectivity index (χ0v) is 24.6. The van der Waals surface area contributed by atoms with Gasteiger partial charge in [0.1, 0.15) is 17.5 Å². The maximum atomic E-state index is 11.0. The van der Waals surface area contributed by atoms with Gasteiger partial charge >= 0.3 is 0 Å². The molecule has 0 aliphatic carbocycles. The van der Waals surface area contributed by atoms with Crippen LogP contribution in [0.2, 0.25) is 0 Å². The first kappa shape index (κ1) is 31.1. The number of imidazole rings is 3. The number of aromatic nitrogens is 6. The molecule has 0 radical (unpaired) electrons. The molecule has 198 valence electrons. The molecule has 0 atom stereocenters.